The minimum atomic E-state index is -3.53. The van der Waals surface area contributed by atoms with Crippen molar-refractivity contribution in [3.05, 3.63) is 54.1 Å². The molecule has 0 radical (unpaired) electrons. The predicted molar refractivity (Wildman–Crippen MR) is 108 cm³/mol. The minimum Gasteiger partial charge on any atom is -0.326 e. The SMILES string of the molecule is CCNS(=O)(=O)c1ccc(NC(=O)C2CC(=O)N(c3cccc(C)c3)C2)cc1. The van der Waals surface area contributed by atoms with Gasteiger partial charge in [-0.05, 0) is 48.9 Å². The van der Waals surface area contributed by atoms with E-state index in [1.165, 1.54) is 24.3 Å². The van der Waals surface area contributed by atoms with E-state index in [1.807, 2.05) is 31.2 Å². The molecule has 3 rings (SSSR count). The van der Waals surface area contributed by atoms with Gasteiger partial charge in [-0.3, -0.25) is 9.59 Å². The first-order valence-electron chi connectivity index (χ1n) is 9.08. The van der Waals surface area contributed by atoms with Gasteiger partial charge in [0.25, 0.3) is 0 Å². The Hall–Kier alpha value is -2.71. The maximum atomic E-state index is 12.6. The van der Waals surface area contributed by atoms with Gasteiger partial charge in [0.1, 0.15) is 0 Å². The number of anilines is 2. The Kier molecular flexibility index (Phi) is 5.81. The Morgan fingerprint density at radius 2 is 1.89 bits per heavy atom. The number of nitrogens with one attached hydrogen (secondary N) is 2. The summed E-state index contributed by atoms with van der Waals surface area (Å²) in [5.74, 6) is -0.804. The molecule has 1 saturated heterocycles. The first-order valence-corrected chi connectivity index (χ1v) is 10.6. The van der Waals surface area contributed by atoms with E-state index in [4.69, 9.17) is 0 Å². The van der Waals surface area contributed by atoms with E-state index < -0.39 is 15.9 Å². The number of hydrogen-bond donors (Lipinski definition) is 2. The first kappa shape index (κ1) is 20.0. The van der Waals surface area contributed by atoms with E-state index in [1.54, 1.807) is 11.8 Å². The number of carbonyl (C=O) groups is 2. The average Bonchev–Trinajstić information content (AvgIpc) is 3.04. The summed E-state index contributed by atoms with van der Waals surface area (Å²) in [5, 5.41) is 2.77. The normalized spacial score (nSPS) is 17.0. The number of sulfonamides is 1. The fourth-order valence-corrected chi connectivity index (χ4v) is 4.20. The molecule has 0 aromatic heterocycles. The van der Waals surface area contributed by atoms with Crippen LogP contribution in [0.15, 0.2) is 53.4 Å². The van der Waals surface area contributed by atoms with E-state index in [9.17, 15) is 18.0 Å². The predicted octanol–water partition coefficient (Wildman–Crippen LogP) is 2.28. The second-order valence-electron chi connectivity index (χ2n) is 6.76. The van der Waals surface area contributed by atoms with Gasteiger partial charge >= 0.3 is 0 Å². The van der Waals surface area contributed by atoms with Crippen molar-refractivity contribution in [1.82, 2.24) is 4.72 Å². The van der Waals surface area contributed by atoms with Gasteiger partial charge < -0.3 is 10.2 Å². The molecular formula is C20H23N3O4S. The van der Waals surface area contributed by atoms with Crippen molar-refractivity contribution in [2.45, 2.75) is 25.2 Å². The van der Waals surface area contributed by atoms with Crippen LogP contribution in [0.1, 0.15) is 18.9 Å². The molecule has 0 spiro atoms. The fourth-order valence-electron chi connectivity index (χ4n) is 3.16. The van der Waals surface area contributed by atoms with Crippen LogP contribution in [0.5, 0.6) is 0 Å². The molecule has 1 heterocycles. The molecule has 1 fully saturated rings. The first-order chi connectivity index (χ1) is 13.3. The van der Waals surface area contributed by atoms with Crippen molar-refractivity contribution in [1.29, 1.82) is 0 Å². The van der Waals surface area contributed by atoms with Crippen LogP contribution in [-0.4, -0.2) is 33.3 Å². The Balaban J connectivity index is 1.66. The van der Waals surface area contributed by atoms with Gasteiger partial charge in [0.05, 0.1) is 10.8 Å². The molecule has 7 nitrogen and oxygen atoms in total. The standard InChI is InChI=1S/C20H23N3O4S/c1-3-21-28(26,27)18-9-7-16(8-10-18)22-20(25)15-12-19(24)23(13-15)17-6-4-5-14(2)11-17/h4-11,15,21H,3,12-13H2,1-2H3,(H,22,25). The summed E-state index contributed by atoms with van der Waals surface area (Å²) in [4.78, 5) is 26.7. The highest BCUT2D eigenvalue weighted by Gasteiger charge is 2.35. The molecule has 0 saturated carbocycles. The zero-order valence-electron chi connectivity index (χ0n) is 15.8. The number of hydrogen-bond acceptors (Lipinski definition) is 4. The van der Waals surface area contributed by atoms with Gasteiger partial charge in [-0.25, -0.2) is 13.1 Å². The third-order valence-electron chi connectivity index (χ3n) is 4.58. The molecule has 0 bridgehead atoms. The summed E-state index contributed by atoms with van der Waals surface area (Å²) in [7, 11) is -3.53. The third kappa shape index (κ3) is 4.40. The van der Waals surface area contributed by atoms with Crippen molar-refractivity contribution in [3.8, 4) is 0 Å². The maximum Gasteiger partial charge on any atom is 0.240 e. The van der Waals surface area contributed by atoms with Crippen LogP contribution in [0.25, 0.3) is 0 Å². The fraction of sp³-hybridized carbons (Fsp3) is 0.300. The smallest absolute Gasteiger partial charge is 0.240 e. The van der Waals surface area contributed by atoms with Gasteiger partial charge in [0.2, 0.25) is 21.8 Å². The molecule has 8 heteroatoms. The Bertz CT molecular complexity index is 987. The number of aryl methyl sites for hydroxylation is 1. The monoisotopic (exact) mass is 401 g/mol. The summed E-state index contributed by atoms with van der Waals surface area (Å²) in [6.45, 7) is 4.28. The van der Waals surface area contributed by atoms with Crippen LogP contribution in [0, 0.1) is 12.8 Å². The van der Waals surface area contributed by atoms with E-state index in [0.29, 0.717) is 18.8 Å². The van der Waals surface area contributed by atoms with Gasteiger partial charge in [-0.2, -0.15) is 0 Å². The third-order valence-corrected chi connectivity index (χ3v) is 6.14. The van der Waals surface area contributed by atoms with Crippen LogP contribution >= 0.6 is 0 Å². The van der Waals surface area contributed by atoms with Gasteiger partial charge in [0, 0.05) is 30.9 Å². The summed E-state index contributed by atoms with van der Waals surface area (Å²) in [6.07, 6.45) is 0.145. The number of carbonyl (C=O) groups excluding carboxylic acids is 2. The quantitative estimate of drug-likeness (QED) is 0.776. The van der Waals surface area contributed by atoms with Gasteiger partial charge in [-0.1, -0.05) is 19.1 Å². The lowest BCUT2D eigenvalue weighted by molar-refractivity contribution is -0.122. The molecule has 2 aromatic carbocycles. The highest BCUT2D eigenvalue weighted by molar-refractivity contribution is 7.89. The van der Waals surface area contributed by atoms with E-state index in [2.05, 4.69) is 10.0 Å². The topological polar surface area (TPSA) is 95.6 Å². The molecule has 148 valence electrons. The summed E-state index contributed by atoms with van der Waals surface area (Å²) >= 11 is 0. The Labute approximate surface area is 164 Å². The van der Waals surface area contributed by atoms with Crippen molar-refractivity contribution in [2.24, 2.45) is 5.92 Å². The average molecular weight is 401 g/mol. The van der Waals surface area contributed by atoms with Crippen LogP contribution < -0.4 is 14.9 Å². The van der Waals surface area contributed by atoms with Crippen molar-refractivity contribution >= 4 is 33.2 Å². The Morgan fingerprint density at radius 3 is 2.54 bits per heavy atom. The lowest BCUT2D eigenvalue weighted by atomic mass is 10.1. The zero-order valence-corrected chi connectivity index (χ0v) is 16.6. The second kappa shape index (κ2) is 8.12. The van der Waals surface area contributed by atoms with Crippen molar-refractivity contribution < 1.29 is 18.0 Å². The molecule has 0 aliphatic carbocycles. The number of benzene rings is 2. The second-order valence-corrected chi connectivity index (χ2v) is 8.53. The summed E-state index contributed by atoms with van der Waals surface area (Å²) in [5.41, 5.74) is 2.32. The highest BCUT2D eigenvalue weighted by Crippen LogP contribution is 2.26. The van der Waals surface area contributed by atoms with E-state index in [-0.39, 0.29) is 23.1 Å². The number of nitrogens with zero attached hydrogens (tertiary/aromatic N) is 1. The van der Waals surface area contributed by atoms with E-state index >= 15 is 0 Å². The van der Waals surface area contributed by atoms with Crippen LogP contribution in [0.3, 0.4) is 0 Å². The zero-order chi connectivity index (χ0) is 20.3. The minimum absolute atomic E-state index is 0.0853. The van der Waals surface area contributed by atoms with Crippen molar-refractivity contribution in [3.63, 3.8) is 0 Å². The van der Waals surface area contributed by atoms with Gasteiger partial charge in [0.15, 0.2) is 0 Å². The number of amides is 2. The van der Waals surface area contributed by atoms with Crippen LogP contribution in [-0.2, 0) is 19.6 Å². The molecule has 1 aliphatic rings. The Morgan fingerprint density at radius 1 is 1.18 bits per heavy atom. The summed E-state index contributed by atoms with van der Waals surface area (Å²) in [6, 6.07) is 13.6. The lowest BCUT2D eigenvalue weighted by Crippen LogP contribution is -2.28. The number of rotatable bonds is 6. The molecule has 2 N–H and O–H groups in total. The van der Waals surface area contributed by atoms with Gasteiger partial charge in [-0.15, -0.1) is 0 Å². The molecule has 1 atom stereocenters. The van der Waals surface area contributed by atoms with Crippen molar-refractivity contribution in [2.75, 3.05) is 23.3 Å². The largest absolute Gasteiger partial charge is 0.326 e. The summed E-state index contributed by atoms with van der Waals surface area (Å²) < 4.78 is 26.3. The molecule has 1 aliphatic heterocycles. The maximum absolute atomic E-state index is 12.6. The molecule has 1 unspecified atom stereocenters. The highest BCUT2D eigenvalue weighted by atomic mass is 32.2. The van der Waals surface area contributed by atoms with Crippen LogP contribution in [0.2, 0.25) is 0 Å². The molecule has 2 amide bonds. The molecular weight excluding hydrogens is 378 g/mol. The lowest BCUT2D eigenvalue weighted by Gasteiger charge is -2.17. The molecule has 2 aromatic rings. The van der Waals surface area contributed by atoms with Crippen LogP contribution in [0.4, 0.5) is 11.4 Å². The molecule has 28 heavy (non-hydrogen) atoms. The van der Waals surface area contributed by atoms with E-state index in [0.717, 1.165) is 11.3 Å².